The predicted octanol–water partition coefficient (Wildman–Crippen LogP) is 0.440. The van der Waals surface area contributed by atoms with Crippen LogP contribution in [0.15, 0.2) is 39.5 Å². The third-order valence-corrected chi connectivity index (χ3v) is 5.64. The van der Waals surface area contributed by atoms with Crippen molar-refractivity contribution in [3.8, 4) is 51.4 Å². The zero-order valence-electron chi connectivity index (χ0n) is 19.0. The van der Waals surface area contributed by atoms with Crippen LogP contribution in [-0.2, 0) is 4.74 Å². The summed E-state index contributed by atoms with van der Waals surface area (Å²) in [5, 5.41) is 60.6. The molecule has 1 aromatic carbocycles. The molecule has 0 bridgehead atoms. The number of aromatic hydroxyl groups is 2. The lowest BCUT2D eigenvalue weighted by Crippen LogP contribution is -2.60. The summed E-state index contributed by atoms with van der Waals surface area (Å²) in [4.78, 5) is 11.9. The maximum Gasteiger partial charge on any atom is 0.229 e. The molecular formula is C23H25ClO12. The molecular weight excluding hydrogens is 504 g/mol. The van der Waals surface area contributed by atoms with E-state index in [-0.39, 0.29) is 58.1 Å². The molecule has 0 amide bonds. The lowest BCUT2D eigenvalue weighted by Gasteiger charge is -2.39. The second-order valence-corrected chi connectivity index (χ2v) is 7.84. The van der Waals surface area contributed by atoms with Gasteiger partial charge in [0.05, 0.1) is 26.4 Å². The van der Waals surface area contributed by atoms with E-state index in [2.05, 4.69) is 0 Å². The van der Waals surface area contributed by atoms with Crippen molar-refractivity contribution in [1.29, 1.82) is 0 Å². The number of aliphatic hydroxyl groups is 4. The van der Waals surface area contributed by atoms with E-state index >= 15 is 0 Å². The summed E-state index contributed by atoms with van der Waals surface area (Å²) in [6.07, 6.45) is -7.82. The molecule has 5 atom stereocenters. The maximum absolute atomic E-state index is 11.9. The van der Waals surface area contributed by atoms with Crippen molar-refractivity contribution in [2.45, 2.75) is 30.7 Å². The van der Waals surface area contributed by atoms with Gasteiger partial charge in [0.25, 0.3) is 0 Å². The predicted molar refractivity (Wildman–Crippen MR) is 125 cm³/mol. The second-order valence-electron chi connectivity index (χ2n) is 7.84. The van der Waals surface area contributed by atoms with Crippen LogP contribution in [0.5, 0.6) is 28.7 Å². The van der Waals surface area contributed by atoms with Gasteiger partial charge in [-0.05, 0) is 18.2 Å². The average molecular weight is 529 g/mol. The summed E-state index contributed by atoms with van der Waals surface area (Å²) in [5.41, 5.74) is -0.187. The fourth-order valence-corrected chi connectivity index (χ4v) is 3.78. The van der Waals surface area contributed by atoms with Crippen LogP contribution in [0.3, 0.4) is 0 Å². The standard InChI is InChI=1S/C23H24O12.ClH/c1-31-14-3-9(4-15(32-2)18(14)27)22-16(7-11-12(26)5-10(25)6-13(11)33-22)34-23-21(30)20(29)19(28)17(8-24)35-23;/h3-7,17,19-21,23-24,26-30H,8H2,1-2H3;1H/t17-,19-,20+,21-,23-;/m1./s1. The number of ether oxygens (including phenoxy) is 4. The minimum absolute atomic E-state index is 0. The van der Waals surface area contributed by atoms with Gasteiger partial charge in [-0.2, -0.15) is 0 Å². The average Bonchev–Trinajstić information content (AvgIpc) is 2.84. The van der Waals surface area contributed by atoms with E-state index in [0.717, 1.165) is 12.1 Å². The molecule has 0 radical (unpaired) electrons. The summed E-state index contributed by atoms with van der Waals surface area (Å²) < 4.78 is 27.5. The molecule has 1 aromatic rings. The number of hydrogen-bond acceptors (Lipinski definition) is 12. The molecule has 0 spiro atoms. The lowest BCUT2D eigenvalue weighted by molar-refractivity contribution is -0.277. The Labute approximate surface area is 210 Å². The Kier molecular flexibility index (Phi) is 8.19. The van der Waals surface area contributed by atoms with Gasteiger partial charge in [-0.1, -0.05) is 0 Å². The number of hydrogen-bond donors (Lipinski definition) is 6. The van der Waals surface area contributed by atoms with Gasteiger partial charge in [0.1, 0.15) is 35.9 Å². The van der Waals surface area contributed by atoms with E-state index in [4.69, 9.17) is 23.4 Å². The lowest BCUT2D eigenvalue weighted by atomic mass is 9.99. The molecule has 1 saturated heterocycles. The topological polar surface area (TPSA) is 189 Å². The highest BCUT2D eigenvalue weighted by Gasteiger charge is 2.45. The SMILES string of the molecule is COc1cc(-c2oc3cc(=O)cc(O)c-3cc2O[C@@H]2O[C@H](CO)[C@@H](O)[C@H](O)[C@H]2O)cc(OC)c1O.Cl. The highest BCUT2D eigenvalue weighted by Crippen LogP contribution is 2.46. The quantitative estimate of drug-likeness (QED) is 0.259. The summed E-state index contributed by atoms with van der Waals surface area (Å²) in [7, 11) is 2.64. The van der Waals surface area contributed by atoms with Crippen molar-refractivity contribution < 1.29 is 54.0 Å². The number of rotatable bonds is 6. The summed E-state index contributed by atoms with van der Waals surface area (Å²) >= 11 is 0. The molecule has 2 aliphatic heterocycles. The third-order valence-electron chi connectivity index (χ3n) is 5.64. The van der Waals surface area contributed by atoms with Crippen LogP contribution in [0.1, 0.15) is 0 Å². The van der Waals surface area contributed by atoms with E-state index in [1.54, 1.807) is 0 Å². The number of phenolic OH excluding ortho intramolecular Hbond substituents is 2. The molecule has 0 unspecified atom stereocenters. The summed E-state index contributed by atoms with van der Waals surface area (Å²) in [5.74, 6) is -0.806. The molecule has 1 fully saturated rings. The van der Waals surface area contributed by atoms with Crippen molar-refractivity contribution in [3.05, 3.63) is 40.6 Å². The van der Waals surface area contributed by atoms with Crippen LogP contribution in [0.2, 0.25) is 0 Å². The fraction of sp³-hybridized carbons (Fsp3) is 0.348. The van der Waals surface area contributed by atoms with E-state index in [1.807, 2.05) is 0 Å². The van der Waals surface area contributed by atoms with E-state index < -0.39 is 48.5 Å². The molecule has 1 aliphatic carbocycles. The van der Waals surface area contributed by atoms with Crippen molar-refractivity contribution in [2.75, 3.05) is 20.8 Å². The summed E-state index contributed by atoms with van der Waals surface area (Å²) in [6.45, 7) is -0.667. The van der Waals surface area contributed by atoms with Crippen LogP contribution in [-0.4, -0.2) is 82.2 Å². The van der Waals surface area contributed by atoms with Crippen LogP contribution < -0.4 is 19.6 Å². The number of methoxy groups -OCH3 is 2. The van der Waals surface area contributed by atoms with Crippen molar-refractivity contribution in [2.24, 2.45) is 0 Å². The molecule has 12 nitrogen and oxygen atoms in total. The molecule has 2 heterocycles. The first-order valence-electron chi connectivity index (χ1n) is 10.4. The molecule has 13 heteroatoms. The highest BCUT2D eigenvalue weighted by molar-refractivity contribution is 5.85. The highest BCUT2D eigenvalue weighted by atomic mass is 35.5. The Morgan fingerprint density at radius 2 is 1.53 bits per heavy atom. The Hall–Kier alpha value is -3.26. The van der Waals surface area contributed by atoms with Gasteiger partial charge in [0.2, 0.25) is 12.0 Å². The Balaban J connectivity index is 0.00000361. The van der Waals surface area contributed by atoms with E-state index in [0.29, 0.717) is 0 Å². The first kappa shape index (κ1) is 27.3. The number of halogens is 1. The Morgan fingerprint density at radius 1 is 0.889 bits per heavy atom. The molecule has 0 saturated carbocycles. The van der Waals surface area contributed by atoms with Gasteiger partial charge in [0, 0.05) is 17.7 Å². The molecule has 196 valence electrons. The minimum atomic E-state index is -1.72. The molecule has 4 rings (SSSR count). The number of phenols is 2. The number of aliphatic hydroxyl groups excluding tert-OH is 4. The van der Waals surface area contributed by atoms with Crippen LogP contribution in [0.25, 0.3) is 22.6 Å². The van der Waals surface area contributed by atoms with Crippen LogP contribution in [0, 0.1) is 0 Å². The van der Waals surface area contributed by atoms with E-state index in [1.165, 1.54) is 32.4 Å². The second kappa shape index (κ2) is 10.8. The maximum atomic E-state index is 11.9. The van der Waals surface area contributed by atoms with Crippen LogP contribution in [0.4, 0.5) is 0 Å². The van der Waals surface area contributed by atoms with Crippen LogP contribution >= 0.6 is 12.4 Å². The van der Waals surface area contributed by atoms with Gasteiger partial charge in [0.15, 0.2) is 28.4 Å². The van der Waals surface area contributed by atoms with Crippen molar-refractivity contribution in [1.82, 2.24) is 0 Å². The Morgan fingerprint density at radius 3 is 2.11 bits per heavy atom. The molecule has 3 aliphatic rings. The minimum Gasteiger partial charge on any atom is -0.507 e. The number of benzene rings is 2. The Bertz CT molecular complexity index is 1220. The summed E-state index contributed by atoms with van der Waals surface area (Å²) in [6, 6.07) is 6.22. The molecule has 0 aromatic heterocycles. The van der Waals surface area contributed by atoms with E-state index in [9.17, 15) is 35.4 Å². The first-order valence-corrected chi connectivity index (χ1v) is 10.4. The first-order chi connectivity index (χ1) is 16.7. The van der Waals surface area contributed by atoms with Gasteiger partial charge in [-0.3, -0.25) is 4.79 Å². The normalized spacial score (nSPS) is 23.7. The molecule has 36 heavy (non-hydrogen) atoms. The smallest absolute Gasteiger partial charge is 0.229 e. The number of fused-ring (bicyclic) bond motifs is 1. The monoisotopic (exact) mass is 528 g/mol. The van der Waals surface area contributed by atoms with Gasteiger partial charge in [-0.25, -0.2) is 0 Å². The van der Waals surface area contributed by atoms with Gasteiger partial charge in [-0.15, -0.1) is 12.4 Å². The fourth-order valence-electron chi connectivity index (χ4n) is 3.78. The van der Waals surface area contributed by atoms with Gasteiger partial charge >= 0.3 is 0 Å². The van der Waals surface area contributed by atoms with Gasteiger partial charge < -0.3 is 54.0 Å². The third kappa shape index (κ3) is 4.87. The molecule has 6 N–H and O–H groups in total. The zero-order valence-corrected chi connectivity index (χ0v) is 19.8. The largest absolute Gasteiger partial charge is 0.507 e. The zero-order chi connectivity index (χ0) is 25.4. The van der Waals surface area contributed by atoms with Crippen molar-refractivity contribution in [3.63, 3.8) is 0 Å². The van der Waals surface area contributed by atoms with Crippen molar-refractivity contribution >= 4 is 12.4 Å².